The molecule has 2 aliphatic carbocycles. The van der Waals surface area contributed by atoms with Crippen molar-refractivity contribution in [2.45, 2.75) is 38.0 Å². The summed E-state index contributed by atoms with van der Waals surface area (Å²) in [6.45, 7) is 1.57. The number of benzene rings is 3. The molecule has 3 fully saturated rings. The minimum absolute atomic E-state index is 0.00961. The van der Waals surface area contributed by atoms with E-state index in [2.05, 4.69) is 0 Å². The van der Waals surface area contributed by atoms with Gasteiger partial charge in [-0.05, 0) is 79.8 Å². The number of carbonyl (C=O) groups is 4. The Balaban J connectivity index is 1.35. The number of aromatic hydroxyl groups is 1. The van der Waals surface area contributed by atoms with Crippen LogP contribution in [0.25, 0.3) is 0 Å². The zero-order valence-electron chi connectivity index (χ0n) is 25.7. The second kappa shape index (κ2) is 11.1. The van der Waals surface area contributed by atoms with E-state index >= 15 is 0 Å². The molecule has 50 heavy (non-hydrogen) atoms. The van der Waals surface area contributed by atoms with Gasteiger partial charge in [-0.25, -0.2) is 14.2 Å². The first-order valence-corrected chi connectivity index (χ1v) is 15.7. The summed E-state index contributed by atoms with van der Waals surface area (Å²) in [7, 11) is 0. The molecule has 4 amide bonds. The third-order valence-electron chi connectivity index (χ3n) is 10.5. The zero-order chi connectivity index (χ0) is 36.2. The fraction of sp³-hybridized carbons (Fsp3) is 0.314. The molecule has 0 aromatic heterocycles. The Morgan fingerprint density at radius 2 is 1.40 bits per heavy atom. The summed E-state index contributed by atoms with van der Waals surface area (Å²) >= 11 is 5.98. The lowest BCUT2D eigenvalue weighted by Gasteiger charge is -2.49. The third-order valence-corrected chi connectivity index (χ3v) is 10.8. The Hall–Kier alpha value is -4.72. The number of hydrogen-bond donors (Lipinski definition) is 1. The van der Waals surface area contributed by atoms with Crippen LogP contribution < -0.4 is 9.80 Å². The SMILES string of the molecule is C[C@@]12C(=O)N(c3ccc(F)c(Cl)c3)C(=O)[C@@H]1C[C@@H]1C(=CC[C@@H]3C(=O)N(c4cc(C(F)(F)F)cc(C(F)(F)F)c4)C(=O)[C@@H]31)[C@@H]2c1ccc(O)cc1. The van der Waals surface area contributed by atoms with Gasteiger partial charge < -0.3 is 5.11 Å². The Morgan fingerprint density at radius 1 is 0.780 bits per heavy atom. The van der Waals surface area contributed by atoms with E-state index in [9.17, 15) is 55.0 Å². The first-order chi connectivity index (χ1) is 23.3. The van der Waals surface area contributed by atoms with Crippen molar-refractivity contribution in [1.29, 1.82) is 0 Å². The second-order valence-electron chi connectivity index (χ2n) is 13.1. The highest BCUT2D eigenvalue weighted by Gasteiger charge is 2.67. The van der Waals surface area contributed by atoms with Crippen LogP contribution in [0, 0.1) is 34.9 Å². The normalized spacial score (nSPS) is 28.1. The van der Waals surface area contributed by atoms with Crippen LogP contribution in [0.4, 0.5) is 42.1 Å². The molecule has 2 aliphatic heterocycles. The van der Waals surface area contributed by atoms with Crippen LogP contribution in [0.2, 0.25) is 5.02 Å². The molecule has 2 saturated heterocycles. The topological polar surface area (TPSA) is 95.0 Å². The Bertz CT molecular complexity index is 2000. The average Bonchev–Trinajstić information content (AvgIpc) is 3.41. The van der Waals surface area contributed by atoms with E-state index in [-0.39, 0.29) is 35.4 Å². The van der Waals surface area contributed by atoms with Gasteiger partial charge in [0.25, 0.3) is 0 Å². The van der Waals surface area contributed by atoms with Gasteiger partial charge in [-0.1, -0.05) is 35.4 Å². The lowest BCUT2D eigenvalue weighted by atomic mass is 9.51. The summed E-state index contributed by atoms with van der Waals surface area (Å²) in [4.78, 5) is 57.7. The number of halogens is 8. The number of phenols is 1. The van der Waals surface area contributed by atoms with Gasteiger partial charge in [0.1, 0.15) is 11.6 Å². The minimum atomic E-state index is -5.23. The summed E-state index contributed by atoms with van der Waals surface area (Å²) in [5.74, 6) is -9.74. The molecule has 3 aromatic rings. The quantitative estimate of drug-likeness (QED) is 0.170. The lowest BCUT2D eigenvalue weighted by molar-refractivity contribution is -0.143. The average molecular weight is 721 g/mol. The highest BCUT2D eigenvalue weighted by atomic mass is 35.5. The number of nitrogens with zero attached hydrogens (tertiary/aromatic N) is 2. The standard InChI is InChI=1S/C35H24ClF7N2O5/c1-33-24(30(48)45(32(33)50)18-4-9-26(37)25(36)13-18)14-23-21(28(33)15-2-5-20(46)6-3-15)7-8-22-27(23)31(49)44(29(22)47)19-11-16(34(38,39)40)10-17(12-19)35(41,42)43/h2-7,9-13,22-24,27-28,46H,8,14H2,1H3/t22-,23+,24-,27-,28-,33+/m0/s1. The molecule has 260 valence electrons. The maximum absolute atomic E-state index is 14.4. The molecule has 7 nitrogen and oxygen atoms in total. The number of carbonyl (C=O) groups excluding carboxylic acids is 4. The van der Waals surface area contributed by atoms with E-state index < -0.39 is 93.6 Å². The number of fused-ring (bicyclic) bond motifs is 4. The van der Waals surface area contributed by atoms with Crippen molar-refractivity contribution in [2.75, 3.05) is 9.80 Å². The van der Waals surface area contributed by atoms with Gasteiger partial charge in [0, 0.05) is 5.92 Å². The summed E-state index contributed by atoms with van der Waals surface area (Å²) < 4.78 is 96.4. The van der Waals surface area contributed by atoms with E-state index in [1.54, 1.807) is 13.0 Å². The van der Waals surface area contributed by atoms with Crippen molar-refractivity contribution in [1.82, 2.24) is 0 Å². The Kier molecular flexibility index (Phi) is 7.52. The smallest absolute Gasteiger partial charge is 0.416 e. The van der Waals surface area contributed by atoms with Crippen LogP contribution in [0.3, 0.4) is 0 Å². The first-order valence-electron chi connectivity index (χ1n) is 15.3. The highest BCUT2D eigenvalue weighted by Crippen LogP contribution is 2.64. The Morgan fingerprint density at radius 3 is 1.98 bits per heavy atom. The highest BCUT2D eigenvalue weighted by molar-refractivity contribution is 6.32. The minimum Gasteiger partial charge on any atom is -0.508 e. The fourth-order valence-corrected chi connectivity index (χ4v) is 8.43. The molecule has 0 spiro atoms. The monoisotopic (exact) mass is 720 g/mol. The van der Waals surface area contributed by atoms with E-state index in [4.69, 9.17) is 11.6 Å². The molecular formula is C35H24ClF7N2O5. The fourth-order valence-electron chi connectivity index (χ4n) is 8.25. The van der Waals surface area contributed by atoms with Crippen molar-refractivity contribution in [3.63, 3.8) is 0 Å². The molecule has 0 radical (unpaired) electrons. The number of alkyl halides is 6. The van der Waals surface area contributed by atoms with Crippen LogP contribution in [0.5, 0.6) is 5.75 Å². The largest absolute Gasteiger partial charge is 0.508 e. The van der Waals surface area contributed by atoms with Crippen molar-refractivity contribution in [2.24, 2.45) is 29.1 Å². The predicted octanol–water partition coefficient (Wildman–Crippen LogP) is 7.66. The van der Waals surface area contributed by atoms with Gasteiger partial charge in [0.2, 0.25) is 23.6 Å². The van der Waals surface area contributed by atoms with Gasteiger partial charge in [0.05, 0.1) is 50.7 Å². The molecule has 4 aliphatic rings. The number of allylic oxidation sites excluding steroid dienone is 2. The number of rotatable bonds is 3. The molecule has 1 saturated carbocycles. The van der Waals surface area contributed by atoms with Crippen LogP contribution >= 0.6 is 11.6 Å². The van der Waals surface area contributed by atoms with Crippen LogP contribution in [-0.4, -0.2) is 28.7 Å². The lowest BCUT2D eigenvalue weighted by Crippen LogP contribution is -2.48. The molecule has 2 heterocycles. The van der Waals surface area contributed by atoms with E-state index in [1.165, 1.54) is 30.3 Å². The number of hydrogen-bond acceptors (Lipinski definition) is 5. The van der Waals surface area contributed by atoms with Crippen molar-refractivity contribution in [3.8, 4) is 5.75 Å². The van der Waals surface area contributed by atoms with E-state index in [1.807, 2.05) is 0 Å². The van der Waals surface area contributed by atoms with Crippen molar-refractivity contribution < 1.29 is 55.0 Å². The second-order valence-corrected chi connectivity index (χ2v) is 13.5. The van der Waals surface area contributed by atoms with Gasteiger partial charge in [0.15, 0.2) is 0 Å². The molecular weight excluding hydrogens is 697 g/mol. The number of imide groups is 2. The number of anilines is 2. The molecule has 3 aromatic carbocycles. The van der Waals surface area contributed by atoms with Gasteiger partial charge >= 0.3 is 12.4 Å². The van der Waals surface area contributed by atoms with Crippen LogP contribution in [0.1, 0.15) is 42.4 Å². The molecule has 1 N–H and O–H groups in total. The summed E-state index contributed by atoms with van der Waals surface area (Å²) in [5, 5.41) is 9.67. The van der Waals surface area contributed by atoms with Crippen LogP contribution in [-0.2, 0) is 31.5 Å². The molecule has 7 rings (SSSR count). The number of amides is 4. The Labute approximate surface area is 283 Å². The predicted molar refractivity (Wildman–Crippen MR) is 163 cm³/mol. The third kappa shape index (κ3) is 4.93. The molecule has 6 atom stereocenters. The maximum atomic E-state index is 14.4. The summed E-state index contributed by atoms with van der Waals surface area (Å²) in [5.41, 5.74) is -4.87. The van der Waals surface area contributed by atoms with Gasteiger partial charge in [-0.15, -0.1) is 0 Å². The van der Waals surface area contributed by atoms with Crippen molar-refractivity contribution >= 4 is 46.6 Å². The van der Waals surface area contributed by atoms with Gasteiger partial charge in [-0.2, -0.15) is 26.3 Å². The maximum Gasteiger partial charge on any atom is 0.416 e. The molecule has 15 heteroatoms. The summed E-state index contributed by atoms with van der Waals surface area (Å²) in [6.07, 6.45) is -9.12. The first kappa shape index (κ1) is 33.8. The van der Waals surface area contributed by atoms with Gasteiger partial charge in [-0.3, -0.25) is 19.2 Å². The van der Waals surface area contributed by atoms with E-state index in [0.717, 1.165) is 17.0 Å². The molecule has 0 bridgehead atoms. The van der Waals surface area contributed by atoms with Crippen LogP contribution in [0.15, 0.2) is 72.3 Å². The number of phenolic OH excluding ortho intramolecular Hbond substituents is 1. The van der Waals surface area contributed by atoms with Crippen molar-refractivity contribution in [3.05, 3.63) is 99.8 Å². The zero-order valence-corrected chi connectivity index (χ0v) is 26.4. The van der Waals surface area contributed by atoms with E-state index in [0.29, 0.717) is 28.2 Å². The summed E-state index contributed by atoms with van der Waals surface area (Å²) in [6, 6.07) is 9.63. The molecule has 0 unspecified atom stereocenters.